The van der Waals surface area contributed by atoms with Crippen molar-refractivity contribution in [2.75, 3.05) is 26.9 Å². The molecule has 0 saturated carbocycles. The summed E-state index contributed by atoms with van der Waals surface area (Å²) in [5.74, 6) is 0.632. The topological polar surface area (TPSA) is 30.5 Å². The van der Waals surface area contributed by atoms with Crippen LogP contribution in [-0.2, 0) is 4.74 Å². The van der Waals surface area contributed by atoms with Gasteiger partial charge in [0.15, 0.2) is 0 Å². The van der Waals surface area contributed by atoms with Gasteiger partial charge >= 0.3 is 6.18 Å². The van der Waals surface area contributed by atoms with Crippen molar-refractivity contribution in [3.63, 3.8) is 0 Å². The molecule has 0 aromatic heterocycles. The zero-order valence-electron chi connectivity index (χ0n) is 12.0. The van der Waals surface area contributed by atoms with Crippen LogP contribution in [-0.4, -0.2) is 33.0 Å². The van der Waals surface area contributed by atoms with Crippen LogP contribution in [0.25, 0.3) is 0 Å². The van der Waals surface area contributed by atoms with Gasteiger partial charge in [-0.3, -0.25) is 0 Å². The second-order valence-electron chi connectivity index (χ2n) is 4.45. The van der Waals surface area contributed by atoms with Crippen LogP contribution < -0.4 is 10.1 Å². The van der Waals surface area contributed by atoms with E-state index in [2.05, 4.69) is 10.1 Å². The predicted molar refractivity (Wildman–Crippen MR) is 75.9 cm³/mol. The Balaban J connectivity index is 2.64. The van der Waals surface area contributed by atoms with Gasteiger partial charge in [0, 0.05) is 17.7 Å². The van der Waals surface area contributed by atoms with Crippen LogP contribution in [0.3, 0.4) is 0 Å². The molecule has 1 rings (SSSR count). The van der Waals surface area contributed by atoms with Crippen LogP contribution in [0.15, 0.2) is 18.2 Å². The molecule has 21 heavy (non-hydrogen) atoms. The van der Waals surface area contributed by atoms with Gasteiger partial charge in [0.1, 0.15) is 12.4 Å². The van der Waals surface area contributed by atoms with Crippen molar-refractivity contribution in [2.45, 2.75) is 25.6 Å². The van der Waals surface area contributed by atoms with Crippen LogP contribution in [0.5, 0.6) is 5.75 Å². The van der Waals surface area contributed by atoms with E-state index >= 15 is 0 Å². The molecule has 1 atom stereocenters. The molecule has 0 aliphatic carbocycles. The number of ether oxygens (including phenoxy) is 2. The molecule has 0 fully saturated rings. The average molecular weight is 326 g/mol. The van der Waals surface area contributed by atoms with E-state index in [4.69, 9.17) is 16.3 Å². The van der Waals surface area contributed by atoms with Crippen LogP contribution in [0.4, 0.5) is 13.2 Å². The number of nitrogens with one attached hydrogen (secondary N) is 1. The Morgan fingerprint density at radius 2 is 2.05 bits per heavy atom. The first kappa shape index (κ1) is 18.1. The number of hydrogen-bond donors (Lipinski definition) is 1. The summed E-state index contributed by atoms with van der Waals surface area (Å²) in [6.07, 6.45) is -3.90. The smallest absolute Gasteiger partial charge is 0.411 e. The van der Waals surface area contributed by atoms with E-state index in [1.165, 1.54) is 7.11 Å². The second-order valence-corrected chi connectivity index (χ2v) is 4.86. The highest BCUT2D eigenvalue weighted by atomic mass is 35.5. The fraction of sp³-hybridized carbons (Fsp3) is 0.571. The van der Waals surface area contributed by atoms with E-state index in [1.807, 2.05) is 6.92 Å². The maximum Gasteiger partial charge on any atom is 0.411 e. The molecule has 0 bridgehead atoms. The molecule has 0 aliphatic rings. The summed E-state index contributed by atoms with van der Waals surface area (Å²) < 4.78 is 45.8. The minimum absolute atomic E-state index is 0.000462. The van der Waals surface area contributed by atoms with E-state index in [-0.39, 0.29) is 12.6 Å². The molecule has 1 aromatic carbocycles. The van der Waals surface area contributed by atoms with Gasteiger partial charge in [-0.05, 0) is 30.7 Å². The van der Waals surface area contributed by atoms with Gasteiger partial charge in [0.2, 0.25) is 0 Å². The van der Waals surface area contributed by atoms with E-state index in [0.29, 0.717) is 23.7 Å². The lowest BCUT2D eigenvalue weighted by Gasteiger charge is -2.20. The molecule has 7 heteroatoms. The molecule has 3 nitrogen and oxygen atoms in total. The van der Waals surface area contributed by atoms with Crippen molar-refractivity contribution in [3.8, 4) is 5.75 Å². The highest BCUT2D eigenvalue weighted by Crippen LogP contribution is 2.29. The van der Waals surface area contributed by atoms with Crippen molar-refractivity contribution in [1.82, 2.24) is 5.32 Å². The third-order valence-electron chi connectivity index (χ3n) is 2.85. The zero-order valence-corrected chi connectivity index (χ0v) is 12.7. The molecular weight excluding hydrogens is 307 g/mol. The highest BCUT2D eigenvalue weighted by Gasteiger charge is 2.27. The number of methoxy groups -OCH3 is 1. The third-order valence-corrected chi connectivity index (χ3v) is 3.18. The third kappa shape index (κ3) is 6.54. The summed E-state index contributed by atoms with van der Waals surface area (Å²) in [4.78, 5) is 0. The lowest BCUT2D eigenvalue weighted by molar-refractivity contribution is -0.174. The summed E-state index contributed by atoms with van der Waals surface area (Å²) in [5, 5.41) is 3.70. The van der Waals surface area contributed by atoms with Crippen molar-refractivity contribution in [1.29, 1.82) is 0 Å². The quantitative estimate of drug-likeness (QED) is 0.734. The van der Waals surface area contributed by atoms with Crippen molar-refractivity contribution in [2.24, 2.45) is 0 Å². The Morgan fingerprint density at radius 3 is 2.57 bits per heavy atom. The molecule has 1 N–H and O–H groups in total. The standard InChI is InChI=1S/C14H19ClF3NO2/c1-3-19-13(6-7-21-9-14(16,17)18)11-5-4-10(20-2)8-12(11)15/h4-5,8,13,19H,3,6-7,9H2,1-2H3. The van der Waals surface area contributed by atoms with Gasteiger partial charge in [-0.15, -0.1) is 0 Å². The number of halogens is 4. The Kier molecular flexibility index (Phi) is 7.28. The van der Waals surface area contributed by atoms with E-state index in [9.17, 15) is 13.2 Å². The van der Waals surface area contributed by atoms with Crippen LogP contribution in [0.2, 0.25) is 5.02 Å². The maximum atomic E-state index is 12.0. The molecule has 1 unspecified atom stereocenters. The molecule has 0 heterocycles. The van der Waals surface area contributed by atoms with Gasteiger partial charge in [0.05, 0.1) is 7.11 Å². The van der Waals surface area contributed by atoms with Crippen LogP contribution in [0, 0.1) is 0 Å². The number of rotatable bonds is 8. The second kappa shape index (κ2) is 8.46. The molecule has 0 spiro atoms. The Bertz CT molecular complexity index is 441. The Hall–Kier alpha value is -0.980. The van der Waals surface area contributed by atoms with Gasteiger partial charge in [-0.2, -0.15) is 13.2 Å². The van der Waals surface area contributed by atoms with Crippen molar-refractivity contribution >= 4 is 11.6 Å². The summed E-state index contributed by atoms with van der Waals surface area (Å²) >= 11 is 6.18. The number of alkyl halides is 3. The molecule has 120 valence electrons. The Labute approximate surface area is 127 Å². The van der Waals surface area contributed by atoms with Crippen molar-refractivity contribution in [3.05, 3.63) is 28.8 Å². The SMILES string of the molecule is CCNC(CCOCC(F)(F)F)c1ccc(OC)cc1Cl. The molecule has 0 aliphatic heterocycles. The molecule has 0 radical (unpaired) electrons. The van der Waals surface area contributed by atoms with E-state index < -0.39 is 12.8 Å². The lowest BCUT2D eigenvalue weighted by atomic mass is 10.0. The molecular formula is C14H19ClF3NO2. The Morgan fingerprint density at radius 1 is 1.33 bits per heavy atom. The minimum atomic E-state index is -4.30. The first-order valence-electron chi connectivity index (χ1n) is 6.58. The summed E-state index contributed by atoms with van der Waals surface area (Å²) in [6, 6.07) is 5.08. The summed E-state index contributed by atoms with van der Waals surface area (Å²) in [6.45, 7) is 1.36. The lowest BCUT2D eigenvalue weighted by Crippen LogP contribution is -2.24. The van der Waals surface area contributed by atoms with Crippen molar-refractivity contribution < 1.29 is 22.6 Å². The van der Waals surface area contributed by atoms with Gasteiger partial charge in [0.25, 0.3) is 0 Å². The van der Waals surface area contributed by atoms with Gasteiger partial charge in [-0.25, -0.2) is 0 Å². The predicted octanol–water partition coefficient (Wildman–Crippen LogP) is 3.97. The largest absolute Gasteiger partial charge is 0.497 e. The molecule has 0 amide bonds. The first-order chi connectivity index (χ1) is 9.87. The fourth-order valence-electron chi connectivity index (χ4n) is 1.92. The zero-order chi connectivity index (χ0) is 15.9. The molecule has 1 aromatic rings. The highest BCUT2D eigenvalue weighted by molar-refractivity contribution is 6.31. The van der Waals surface area contributed by atoms with Crippen LogP contribution in [0.1, 0.15) is 24.9 Å². The van der Waals surface area contributed by atoms with Gasteiger partial charge < -0.3 is 14.8 Å². The molecule has 0 saturated heterocycles. The normalized spacial score (nSPS) is 13.2. The van der Waals surface area contributed by atoms with Gasteiger partial charge in [-0.1, -0.05) is 24.6 Å². The van der Waals surface area contributed by atoms with E-state index in [0.717, 1.165) is 5.56 Å². The summed E-state index contributed by atoms with van der Waals surface area (Å²) in [5.41, 5.74) is 0.815. The maximum absolute atomic E-state index is 12.0. The van der Waals surface area contributed by atoms with Crippen LogP contribution >= 0.6 is 11.6 Å². The number of benzene rings is 1. The monoisotopic (exact) mass is 325 g/mol. The fourth-order valence-corrected chi connectivity index (χ4v) is 2.22. The van der Waals surface area contributed by atoms with E-state index in [1.54, 1.807) is 18.2 Å². The first-order valence-corrected chi connectivity index (χ1v) is 6.96. The minimum Gasteiger partial charge on any atom is -0.497 e. The number of hydrogen-bond acceptors (Lipinski definition) is 3. The summed E-state index contributed by atoms with van der Waals surface area (Å²) in [7, 11) is 1.54. The average Bonchev–Trinajstić information content (AvgIpc) is 2.41.